The molecular weight excluding hydrogens is 188 g/mol. The highest BCUT2D eigenvalue weighted by Crippen LogP contribution is 2.21. The lowest BCUT2D eigenvalue weighted by Crippen LogP contribution is -1.94. The Morgan fingerprint density at radius 1 is 1.38 bits per heavy atom. The van der Waals surface area contributed by atoms with Crippen molar-refractivity contribution < 1.29 is 10.2 Å². The molecule has 0 spiro atoms. The smallest absolute Gasteiger partial charge is 0.141 e. The summed E-state index contributed by atoms with van der Waals surface area (Å²) < 4.78 is 0. The van der Waals surface area contributed by atoms with Crippen molar-refractivity contribution in [2.45, 2.75) is 6.10 Å². The van der Waals surface area contributed by atoms with Gasteiger partial charge in [0, 0.05) is 10.6 Å². The maximum Gasteiger partial charge on any atom is 0.141 e. The van der Waals surface area contributed by atoms with Crippen LogP contribution in [0.15, 0.2) is 24.3 Å². The first-order valence-electron chi connectivity index (χ1n) is 3.77. The fraction of sp³-hybridized carbons (Fsp3) is 0.200. The Morgan fingerprint density at radius 2 is 2.08 bits per heavy atom. The first kappa shape index (κ1) is 10.1. The standard InChI is InChI=1S/C10H9ClO2/c11-9-5-2-1-4-8(9)10(13)6-3-7-12/h1-2,4-5,10,12-13H,7H2. The molecule has 13 heavy (non-hydrogen) atoms. The maximum atomic E-state index is 9.46. The molecular formula is C10H9ClO2. The molecule has 0 radical (unpaired) electrons. The van der Waals surface area contributed by atoms with Crippen LogP contribution in [0, 0.1) is 11.8 Å². The third kappa shape index (κ3) is 2.74. The van der Waals surface area contributed by atoms with E-state index >= 15 is 0 Å². The van der Waals surface area contributed by atoms with Gasteiger partial charge in [0.25, 0.3) is 0 Å². The third-order valence-electron chi connectivity index (χ3n) is 1.52. The third-order valence-corrected chi connectivity index (χ3v) is 1.86. The zero-order chi connectivity index (χ0) is 9.68. The first-order valence-corrected chi connectivity index (χ1v) is 4.15. The van der Waals surface area contributed by atoms with Gasteiger partial charge in [0.2, 0.25) is 0 Å². The van der Waals surface area contributed by atoms with Crippen LogP contribution in [0.3, 0.4) is 0 Å². The molecule has 0 fully saturated rings. The Kier molecular flexibility index (Phi) is 3.78. The van der Waals surface area contributed by atoms with E-state index in [0.717, 1.165) is 0 Å². The average molecular weight is 197 g/mol. The Balaban J connectivity index is 2.88. The molecule has 1 unspecified atom stereocenters. The summed E-state index contributed by atoms with van der Waals surface area (Å²) in [5, 5.41) is 18.4. The van der Waals surface area contributed by atoms with Crippen LogP contribution in [-0.4, -0.2) is 16.8 Å². The number of halogens is 1. The van der Waals surface area contributed by atoms with Crippen LogP contribution in [0.1, 0.15) is 11.7 Å². The van der Waals surface area contributed by atoms with E-state index in [0.29, 0.717) is 10.6 Å². The minimum absolute atomic E-state index is 0.262. The summed E-state index contributed by atoms with van der Waals surface area (Å²) in [5.41, 5.74) is 0.560. The molecule has 1 aromatic rings. The molecule has 0 saturated carbocycles. The summed E-state index contributed by atoms with van der Waals surface area (Å²) in [7, 11) is 0. The number of aliphatic hydroxyl groups excluding tert-OH is 2. The Hall–Kier alpha value is -1.01. The van der Waals surface area contributed by atoms with E-state index < -0.39 is 6.10 Å². The largest absolute Gasteiger partial charge is 0.384 e. The average Bonchev–Trinajstić information content (AvgIpc) is 2.15. The zero-order valence-corrected chi connectivity index (χ0v) is 7.62. The van der Waals surface area contributed by atoms with E-state index in [1.807, 2.05) is 0 Å². The predicted octanol–water partition coefficient (Wildman–Crippen LogP) is 1.37. The van der Waals surface area contributed by atoms with Crippen molar-refractivity contribution in [2.24, 2.45) is 0 Å². The molecule has 0 amide bonds. The van der Waals surface area contributed by atoms with E-state index in [-0.39, 0.29) is 6.61 Å². The Morgan fingerprint density at radius 3 is 2.69 bits per heavy atom. The van der Waals surface area contributed by atoms with Gasteiger partial charge in [0.05, 0.1) is 0 Å². The molecule has 0 bridgehead atoms. The SMILES string of the molecule is OCC#CC(O)c1ccccc1Cl. The van der Waals surface area contributed by atoms with Crippen molar-refractivity contribution in [3.05, 3.63) is 34.9 Å². The molecule has 1 atom stereocenters. The number of benzene rings is 1. The molecule has 2 N–H and O–H groups in total. The molecule has 68 valence electrons. The lowest BCUT2D eigenvalue weighted by atomic mass is 10.1. The second-order valence-corrected chi connectivity index (χ2v) is 2.81. The van der Waals surface area contributed by atoms with Gasteiger partial charge < -0.3 is 10.2 Å². The number of aliphatic hydroxyl groups is 2. The van der Waals surface area contributed by atoms with Crippen molar-refractivity contribution in [1.29, 1.82) is 0 Å². The summed E-state index contributed by atoms with van der Waals surface area (Å²) in [6, 6.07) is 6.92. The summed E-state index contributed by atoms with van der Waals surface area (Å²) in [5.74, 6) is 4.83. The highest BCUT2D eigenvalue weighted by Gasteiger charge is 2.06. The van der Waals surface area contributed by atoms with Crippen LogP contribution in [0.2, 0.25) is 5.02 Å². The fourth-order valence-electron chi connectivity index (χ4n) is 0.917. The lowest BCUT2D eigenvalue weighted by Gasteiger charge is -2.04. The normalized spacial score (nSPS) is 11.6. The van der Waals surface area contributed by atoms with Crippen LogP contribution in [-0.2, 0) is 0 Å². The summed E-state index contributed by atoms with van der Waals surface area (Å²) in [4.78, 5) is 0. The molecule has 0 heterocycles. The molecule has 2 nitrogen and oxygen atoms in total. The minimum atomic E-state index is -0.930. The lowest BCUT2D eigenvalue weighted by molar-refractivity contribution is 0.238. The molecule has 0 aliphatic heterocycles. The van der Waals surface area contributed by atoms with Gasteiger partial charge in [-0.3, -0.25) is 0 Å². The van der Waals surface area contributed by atoms with E-state index in [2.05, 4.69) is 11.8 Å². The van der Waals surface area contributed by atoms with Gasteiger partial charge in [-0.1, -0.05) is 41.6 Å². The number of rotatable bonds is 1. The first-order chi connectivity index (χ1) is 6.25. The monoisotopic (exact) mass is 196 g/mol. The molecule has 0 saturated heterocycles. The van der Waals surface area contributed by atoms with Gasteiger partial charge in [-0.05, 0) is 6.07 Å². The van der Waals surface area contributed by atoms with Gasteiger partial charge >= 0.3 is 0 Å². The molecule has 3 heteroatoms. The van der Waals surface area contributed by atoms with Crippen LogP contribution in [0.5, 0.6) is 0 Å². The number of hydrogen-bond acceptors (Lipinski definition) is 2. The predicted molar refractivity (Wildman–Crippen MR) is 51.3 cm³/mol. The van der Waals surface area contributed by atoms with Crippen LogP contribution < -0.4 is 0 Å². The summed E-state index contributed by atoms with van der Waals surface area (Å²) in [6.45, 7) is -0.262. The van der Waals surface area contributed by atoms with Crippen LogP contribution >= 0.6 is 11.6 Å². The molecule has 1 aromatic carbocycles. The second-order valence-electron chi connectivity index (χ2n) is 2.40. The zero-order valence-electron chi connectivity index (χ0n) is 6.87. The van der Waals surface area contributed by atoms with E-state index in [4.69, 9.17) is 16.7 Å². The second kappa shape index (κ2) is 4.88. The molecule has 0 aliphatic carbocycles. The van der Waals surface area contributed by atoms with Crippen molar-refractivity contribution in [3.63, 3.8) is 0 Å². The topological polar surface area (TPSA) is 40.5 Å². The van der Waals surface area contributed by atoms with Crippen molar-refractivity contribution in [1.82, 2.24) is 0 Å². The van der Waals surface area contributed by atoms with Gasteiger partial charge in [-0.15, -0.1) is 0 Å². The van der Waals surface area contributed by atoms with Gasteiger partial charge in [0.15, 0.2) is 0 Å². The molecule has 1 rings (SSSR count). The van der Waals surface area contributed by atoms with E-state index in [9.17, 15) is 5.11 Å². The number of hydrogen-bond donors (Lipinski definition) is 2. The Bertz CT molecular complexity index is 338. The Labute approximate surface area is 81.8 Å². The van der Waals surface area contributed by atoms with Crippen molar-refractivity contribution in [3.8, 4) is 11.8 Å². The van der Waals surface area contributed by atoms with E-state index in [1.54, 1.807) is 24.3 Å². The molecule has 0 aromatic heterocycles. The highest BCUT2D eigenvalue weighted by molar-refractivity contribution is 6.31. The van der Waals surface area contributed by atoms with Gasteiger partial charge in [-0.2, -0.15) is 0 Å². The van der Waals surface area contributed by atoms with E-state index in [1.165, 1.54) is 0 Å². The van der Waals surface area contributed by atoms with Crippen molar-refractivity contribution >= 4 is 11.6 Å². The van der Waals surface area contributed by atoms with Gasteiger partial charge in [-0.25, -0.2) is 0 Å². The minimum Gasteiger partial charge on any atom is -0.384 e. The summed E-state index contributed by atoms with van der Waals surface area (Å²) >= 11 is 5.81. The van der Waals surface area contributed by atoms with Crippen LogP contribution in [0.25, 0.3) is 0 Å². The fourth-order valence-corrected chi connectivity index (χ4v) is 1.16. The van der Waals surface area contributed by atoms with Gasteiger partial charge in [0.1, 0.15) is 12.7 Å². The van der Waals surface area contributed by atoms with Crippen molar-refractivity contribution in [2.75, 3.05) is 6.61 Å². The quantitative estimate of drug-likeness (QED) is 0.666. The molecule has 0 aliphatic rings. The highest BCUT2D eigenvalue weighted by atomic mass is 35.5. The summed E-state index contributed by atoms with van der Waals surface area (Å²) in [6.07, 6.45) is -0.930. The maximum absolute atomic E-state index is 9.46. The van der Waals surface area contributed by atoms with Crippen LogP contribution in [0.4, 0.5) is 0 Å².